The van der Waals surface area contributed by atoms with Crippen molar-refractivity contribution in [3.05, 3.63) is 36.7 Å². The zero-order chi connectivity index (χ0) is 20.9. The first-order valence-corrected chi connectivity index (χ1v) is 11.0. The number of aromatic nitrogens is 4. The molecule has 1 saturated carbocycles. The molecule has 7 nitrogen and oxygen atoms in total. The molecule has 7 heteroatoms. The Balaban J connectivity index is 1.50. The highest BCUT2D eigenvalue weighted by atomic mass is 16.5. The molecular weight excluding hydrogens is 378 g/mol. The molecule has 0 bridgehead atoms. The minimum absolute atomic E-state index is 0.116. The molecule has 160 valence electrons. The molecule has 0 atom stereocenters. The van der Waals surface area contributed by atoms with Crippen LogP contribution in [0.15, 0.2) is 36.7 Å². The van der Waals surface area contributed by atoms with Gasteiger partial charge in [-0.1, -0.05) is 19.9 Å². The van der Waals surface area contributed by atoms with Gasteiger partial charge in [0.05, 0.1) is 23.7 Å². The molecule has 4 rings (SSSR count). The second-order valence-corrected chi connectivity index (χ2v) is 8.41. The van der Waals surface area contributed by atoms with Crippen LogP contribution in [-0.4, -0.2) is 44.1 Å². The highest BCUT2D eigenvalue weighted by Gasteiger charge is 2.23. The summed E-state index contributed by atoms with van der Waals surface area (Å²) in [6, 6.07) is 8.17. The van der Waals surface area contributed by atoms with Crippen LogP contribution in [0.5, 0.6) is 5.75 Å². The number of aliphatic hydroxyl groups excluding tert-OH is 1. The Hall–Kier alpha value is -2.67. The number of aliphatic hydroxyl groups is 1. The van der Waals surface area contributed by atoms with Gasteiger partial charge in [-0.3, -0.25) is 0 Å². The van der Waals surface area contributed by atoms with E-state index in [1.54, 1.807) is 12.4 Å². The van der Waals surface area contributed by atoms with Crippen molar-refractivity contribution in [3.8, 4) is 11.6 Å². The summed E-state index contributed by atoms with van der Waals surface area (Å²) in [7, 11) is 0. The van der Waals surface area contributed by atoms with Gasteiger partial charge >= 0.3 is 0 Å². The van der Waals surface area contributed by atoms with Gasteiger partial charge in [-0.25, -0.2) is 9.67 Å². The Morgan fingerprint density at radius 3 is 2.80 bits per heavy atom. The summed E-state index contributed by atoms with van der Waals surface area (Å²) in [5.74, 6) is 3.74. The molecule has 1 aliphatic rings. The van der Waals surface area contributed by atoms with Crippen LogP contribution in [0.2, 0.25) is 0 Å². The molecule has 0 saturated heterocycles. The minimum atomic E-state index is 0.116. The third kappa shape index (κ3) is 4.56. The molecule has 2 aromatic heterocycles. The molecule has 30 heavy (non-hydrogen) atoms. The predicted octanol–water partition coefficient (Wildman–Crippen LogP) is 4.20. The fourth-order valence-corrected chi connectivity index (χ4v) is 4.23. The van der Waals surface area contributed by atoms with Gasteiger partial charge in [0.1, 0.15) is 5.75 Å². The zero-order valence-corrected chi connectivity index (χ0v) is 17.8. The summed E-state index contributed by atoms with van der Waals surface area (Å²) in [6.07, 6.45) is 9.02. The smallest absolute Gasteiger partial charge is 0.224 e. The van der Waals surface area contributed by atoms with Crippen molar-refractivity contribution in [1.82, 2.24) is 19.7 Å². The average Bonchev–Trinajstić information content (AvgIpc) is 3.20. The van der Waals surface area contributed by atoms with Crippen LogP contribution in [0.25, 0.3) is 16.7 Å². The Bertz CT molecular complexity index is 963. The zero-order valence-electron chi connectivity index (χ0n) is 17.8. The van der Waals surface area contributed by atoms with Crippen LogP contribution >= 0.6 is 0 Å². The van der Waals surface area contributed by atoms with Crippen molar-refractivity contribution in [3.63, 3.8) is 0 Å². The number of nitrogens with one attached hydrogen (secondary N) is 1. The van der Waals surface area contributed by atoms with Crippen LogP contribution in [0, 0.1) is 11.8 Å². The van der Waals surface area contributed by atoms with E-state index in [1.165, 1.54) is 12.8 Å². The van der Waals surface area contributed by atoms with Crippen molar-refractivity contribution in [2.24, 2.45) is 11.8 Å². The first kappa shape index (κ1) is 20.6. The normalized spacial score (nSPS) is 19.3. The van der Waals surface area contributed by atoms with Crippen molar-refractivity contribution >= 4 is 16.9 Å². The van der Waals surface area contributed by atoms with Crippen molar-refractivity contribution in [1.29, 1.82) is 0 Å². The molecule has 1 aliphatic carbocycles. The van der Waals surface area contributed by atoms with E-state index in [0.29, 0.717) is 25.0 Å². The Kier molecular flexibility index (Phi) is 6.47. The Morgan fingerprint density at radius 1 is 1.20 bits per heavy atom. The fourth-order valence-electron chi connectivity index (χ4n) is 4.23. The first-order valence-electron chi connectivity index (χ1n) is 11.0. The lowest BCUT2D eigenvalue weighted by atomic mass is 9.80. The van der Waals surface area contributed by atoms with Crippen LogP contribution in [0.4, 0.5) is 5.95 Å². The SMILES string of the molecule is CC(C)C1CCC(Nc2nccc(-n3ncc4c(OCCCO)cccc43)n2)CC1. The highest BCUT2D eigenvalue weighted by molar-refractivity contribution is 5.86. The molecule has 0 aliphatic heterocycles. The van der Waals surface area contributed by atoms with Crippen LogP contribution in [0.1, 0.15) is 46.0 Å². The van der Waals surface area contributed by atoms with E-state index >= 15 is 0 Å². The van der Waals surface area contributed by atoms with Crippen LogP contribution in [-0.2, 0) is 0 Å². The lowest BCUT2D eigenvalue weighted by molar-refractivity contribution is 0.235. The van der Waals surface area contributed by atoms with E-state index < -0.39 is 0 Å². The molecule has 2 heterocycles. The largest absolute Gasteiger partial charge is 0.493 e. The summed E-state index contributed by atoms with van der Waals surface area (Å²) >= 11 is 0. The third-order valence-electron chi connectivity index (χ3n) is 6.04. The molecule has 1 fully saturated rings. The maximum Gasteiger partial charge on any atom is 0.224 e. The molecule has 0 spiro atoms. The Labute approximate surface area is 177 Å². The number of benzene rings is 1. The van der Waals surface area contributed by atoms with Gasteiger partial charge in [0, 0.05) is 31.3 Å². The van der Waals surface area contributed by atoms with Crippen molar-refractivity contribution < 1.29 is 9.84 Å². The van der Waals surface area contributed by atoms with Crippen molar-refractivity contribution in [2.45, 2.75) is 52.0 Å². The minimum Gasteiger partial charge on any atom is -0.493 e. The lowest BCUT2D eigenvalue weighted by Crippen LogP contribution is -2.28. The summed E-state index contributed by atoms with van der Waals surface area (Å²) < 4.78 is 7.62. The molecule has 0 unspecified atom stereocenters. The van der Waals surface area contributed by atoms with Gasteiger partial charge in [0.15, 0.2) is 5.82 Å². The fraction of sp³-hybridized carbons (Fsp3) is 0.522. The number of nitrogens with zero attached hydrogens (tertiary/aromatic N) is 4. The summed E-state index contributed by atoms with van der Waals surface area (Å²) in [4.78, 5) is 9.16. The number of ether oxygens (including phenoxy) is 1. The van der Waals surface area contributed by atoms with Crippen molar-refractivity contribution in [2.75, 3.05) is 18.5 Å². The molecule has 0 radical (unpaired) electrons. The van der Waals surface area contributed by atoms with Gasteiger partial charge in [0.25, 0.3) is 0 Å². The maximum absolute atomic E-state index is 8.97. The monoisotopic (exact) mass is 409 g/mol. The lowest BCUT2D eigenvalue weighted by Gasteiger charge is -2.31. The number of rotatable bonds is 8. The maximum atomic E-state index is 8.97. The third-order valence-corrected chi connectivity index (χ3v) is 6.04. The highest BCUT2D eigenvalue weighted by Crippen LogP contribution is 2.31. The quantitative estimate of drug-likeness (QED) is 0.542. The van der Waals surface area contributed by atoms with Gasteiger partial charge in [-0.05, 0) is 49.7 Å². The predicted molar refractivity (Wildman–Crippen MR) is 118 cm³/mol. The van der Waals surface area contributed by atoms with E-state index in [1.807, 2.05) is 28.9 Å². The summed E-state index contributed by atoms with van der Waals surface area (Å²) in [6.45, 7) is 5.23. The number of fused-ring (bicyclic) bond motifs is 1. The molecule has 1 aromatic carbocycles. The molecule has 2 N–H and O–H groups in total. The molecular formula is C23H31N5O2. The topological polar surface area (TPSA) is 85.1 Å². The molecule has 3 aromatic rings. The standard InChI is InChI=1S/C23H31N5O2/c1-16(2)17-7-9-18(10-8-17)26-23-24-12-11-22(27-23)28-20-5-3-6-21(19(20)15-25-28)30-14-4-13-29/h3,5-6,11-12,15-18,29H,4,7-10,13-14H2,1-2H3,(H,24,26,27). The summed E-state index contributed by atoms with van der Waals surface area (Å²) in [5.41, 5.74) is 0.929. The van der Waals surface area contributed by atoms with E-state index in [9.17, 15) is 0 Å². The van der Waals surface area contributed by atoms with Crippen LogP contribution in [0.3, 0.4) is 0 Å². The van der Waals surface area contributed by atoms with E-state index in [4.69, 9.17) is 14.8 Å². The number of anilines is 1. The molecule has 0 amide bonds. The second kappa shape index (κ2) is 9.43. The second-order valence-electron chi connectivity index (χ2n) is 8.41. The van der Waals surface area contributed by atoms with Gasteiger partial charge in [-0.2, -0.15) is 10.1 Å². The first-order chi connectivity index (χ1) is 14.7. The number of hydrogen-bond acceptors (Lipinski definition) is 6. The van der Waals surface area contributed by atoms with E-state index in [0.717, 1.165) is 47.1 Å². The summed E-state index contributed by atoms with van der Waals surface area (Å²) in [5, 5.41) is 18.0. The van der Waals surface area contributed by atoms with Gasteiger partial charge in [-0.15, -0.1) is 0 Å². The van der Waals surface area contributed by atoms with E-state index in [-0.39, 0.29) is 6.61 Å². The van der Waals surface area contributed by atoms with Crippen LogP contribution < -0.4 is 10.1 Å². The van der Waals surface area contributed by atoms with Gasteiger partial charge < -0.3 is 15.2 Å². The Morgan fingerprint density at radius 2 is 2.03 bits per heavy atom. The van der Waals surface area contributed by atoms with E-state index in [2.05, 4.69) is 29.2 Å². The average molecular weight is 410 g/mol. The number of hydrogen-bond donors (Lipinski definition) is 2. The van der Waals surface area contributed by atoms with Gasteiger partial charge in [0.2, 0.25) is 5.95 Å².